The van der Waals surface area contributed by atoms with Crippen molar-refractivity contribution in [1.82, 2.24) is 9.97 Å². The number of hydrogen-bond acceptors (Lipinski definition) is 6. The van der Waals surface area contributed by atoms with Crippen LogP contribution in [0.5, 0.6) is 5.88 Å². The summed E-state index contributed by atoms with van der Waals surface area (Å²) in [5.74, 6) is 1.27. The molecule has 1 aromatic carbocycles. The second kappa shape index (κ2) is 7.79. The highest BCUT2D eigenvalue weighted by molar-refractivity contribution is 7.98. The topological polar surface area (TPSA) is 55.3 Å². The lowest BCUT2D eigenvalue weighted by Crippen LogP contribution is -2.29. The van der Waals surface area contributed by atoms with Crippen LogP contribution in [0, 0.1) is 0 Å². The first-order valence-corrected chi connectivity index (χ1v) is 8.10. The van der Waals surface area contributed by atoms with Crippen molar-refractivity contribution < 1.29 is 9.53 Å². The van der Waals surface area contributed by atoms with E-state index in [0.29, 0.717) is 29.9 Å². The summed E-state index contributed by atoms with van der Waals surface area (Å²) in [6.07, 6.45) is 1.91. The standard InChI is InChI=1S/C16H19N3O2S/c1-12(20)10-19(11-13-7-5-4-6-8-13)14-9-15(21-2)18-16(17-14)22-3/h4-9H,10-11H2,1-3H3. The molecule has 0 spiro atoms. The quantitative estimate of drug-likeness (QED) is 0.578. The molecule has 0 fully saturated rings. The predicted octanol–water partition coefficient (Wildman–Crippen LogP) is 2.80. The minimum absolute atomic E-state index is 0.0826. The Morgan fingerprint density at radius 1 is 1.27 bits per heavy atom. The average Bonchev–Trinajstić information content (AvgIpc) is 2.54. The third-order valence-electron chi connectivity index (χ3n) is 3.01. The maximum atomic E-state index is 11.6. The van der Waals surface area contributed by atoms with E-state index in [0.717, 1.165) is 5.56 Å². The first kappa shape index (κ1) is 16.3. The molecule has 6 heteroatoms. The Morgan fingerprint density at radius 3 is 2.59 bits per heavy atom. The SMILES string of the molecule is COc1cc(N(CC(C)=O)Cc2ccccc2)nc(SC)n1. The highest BCUT2D eigenvalue weighted by atomic mass is 32.2. The van der Waals surface area contributed by atoms with E-state index in [1.165, 1.54) is 11.8 Å². The van der Waals surface area contributed by atoms with Crippen LogP contribution in [-0.4, -0.2) is 35.7 Å². The second-order valence-electron chi connectivity index (χ2n) is 4.80. The lowest BCUT2D eigenvalue weighted by Gasteiger charge is -2.23. The molecule has 0 aliphatic carbocycles. The van der Waals surface area contributed by atoms with Crippen LogP contribution >= 0.6 is 11.8 Å². The Balaban J connectivity index is 2.34. The van der Waals surface area contributed by atoms with Crippen molar-refractivity contribution in [3.8, 4) is 5.88 Å². The largest absolute Gasteiger partial charge is 0.481 e. The number of rotatable bonds is 7. The van der Waals surface area contributed by atoms with Gasteiger partial charge in [0, 0.05) is 12.6 Å². The molecule has 1 heterocycles. The van der Waals surface area contributed by atoms with Gasteiger partial charge in [-0.15, -0.1) is 0 Å². The number of nitrogens with zero attached hydrogens (tertiary/aromatic N) is 3. The van der Waals surface area contributed by atoms with Crippen LogP contribution in [0.25, 0.3) is 0 Å². The van der Waals surface area contributed by atoms with Gasteiger partial charge in [0.1, 0.15) is 11.6 Å². The lowest BCUT2D eigenvalue weighted by atomic mass is 10.2. The molecule has 0 aliphatic rings. The molecule has 0 unspecified atom stereocenters. The fourth-order valence-electron chi connectivity index (χ4n) is 2.04. The van der Waals surface area contributed by atoms with Gasteiger partial charge in [0.2, 0.25) is 5.88 Å². The molecule has 0 N–H and O–H groups in total. The zero-order chi connectivity index (χ0) is 15.9. The Morgan fingerprint density at radius 2 is 2.00 bits per heavy atom. The molecular weight excluding hydrogens is 298 g/mol. The zero-order valence-corrected chi connectivity index (χ0v) is 13.8. The molecule has 0 radical (unpaired) electrons. The van der Waals surface area contributed by atoms with Crippen LogP contribution in [0.4, 0.5) is 5.82 Å². The molecule has 2 aromatic rings. The van der Waals surface area contributed by atoms with Gasteiger partial charge < -0.3 is 9.64 Å². The summed E-state index contributed by atoms with van der Waals surface area (Å²) in [6.45, 7) is 2.48. The van der Waals surface area contributed by atoms with E-state index < -0.39 is 0 Å². The minimum Gasteiger partial charge on any atom is -0.481 e. The fraction of sp³-hybridized carbons (Fsp3) is 0.312. The Labute approximate surface area is 134 Å². The third-order valence-corrected chi connectivity index (χ3v) is 3.56. The van der Waals surface area contributed by atoms with Crippen LogP contribution < -0.4 is 9.64 Å². The molecule has 0 aliphatic heterocycles. The first-order chi connectivity index (χ1) is 10.6. The molecular formula is C16H19N3O2S. The number of methoxy groups -OCH3 is 1. The maximum absolute atomic E-state index is 11.6. The molecule has 22 heavy (non-hydrogen) atoms. The Kier molecular flexibility index (Phi) is 5.77. The van der Waals surface area contributed by atoms with E-state index in [1.807, 2.05) is 41.5 Å². The number of Topliss-reactive ketones (excluding diaryl/α,β-unsaturated/α-hetero) is 1. The van der Waals surface area contributed by atoms with E-state index in [2.05, 4.69) is 9.97 Å². The van der Waals surface area contributed by atoms with Gasteiger partial charge in [0.15, 0.2) is 5.16 Å². The van der Waals surface area contributed by atoms with Gasteiger partial charge in [-0.2, -0.15) is 4.98 Å². The van der Waals surface area contributed by atoms with Crippen LogP contribution in [0.15, 0.2) is 41.6 Å². The second-order valence-corrected chi connectivity index (χ2v) is 5.57. The number of ether oxygens (including phenoxy) is 1. The highest BCUT2D eigenvalue weighted by Gasteiger charge is 2.14. The molecule has 5 nitrogen and oxygen atoms in total. The summed E-state index contributed by atoms with van der Waals surface area (Å²) in [7, 11) is 1.57. The van der Waals surface area contributed by atoms with Crippen molar-refractivity contribution in [3.63, 3.8) is 0 Å². The lowest BCUT2D eigenvalue weighted by molar-refractivity contribution is -0.115. The average molecular weight is 317 g/mol. The number of hydrogen-bond donors (Lipinski definition) is 0. The van der Waals surface area contributed by atoms with Gasteiger partial charge in [0.25, 0.3) is 0 Å². The maximum Gasteiger partial charge on any atom is 0.219 e. The van der Waals surface area contributed by atoms with E-state index in [9.17, 15) is 4.79 Å². The van der Waals surface area contributed by atoms with Crippen LogP contribution in [0.1, 0.15) is 12.5 Å². The van der Waals surface area contributed by atoms with Gasteiger partial charge >= 0.3 is 0 Å². The smallest absolute Gasteiger partial charge is 0.219 e. The van der Waals surface area contributed by atoms with Gasteiger partial charge in [-0.1, -0.05) is 42.1 Å². The number of benzene rings is 1. The van der Waals surface area contributed by atoms with Crippen LogP contribution in [-0.2, 0) is 11.3 Å². The monoisotopic (exact) mass is 317 g/mol. The number of ketones is 1. The zero-order valence-electron chi connectivity index (χ0n) is 12.9. The third kappa shape index (κ3) is 4.46. The summed E-state index contributed by atoms with van der Waals surface area (Å²) in [5.41, 5.74) is 1.12. The Bertz CT molecular complexity index is 612. The number of carbonyl (C=O) groups excluding carboxylic acids is 1. The first-order valence-electron chi connectivity index (χ1n) is 6.87. The van der Waals surface area contributed by atoms with Gasteiger partial charge in [-0.3, -0.25) is 4.79 Å². The molecule has 0 atom stereocenters. The van der Waals surface area contributed by atoms with Crippen molar-refractivity contribution in [2.75, 3.05) is 24.8 Å². The highest BCUT2D eigenvalue weighted by Crippen LogP contribution is 2.23. The van der Waals surface area contributed by atoms with Crippen molar-refractivity contribution in [3.05, 3.63) is 42.0 Å². The van der Waals surface area contributed by atoms with Crippen molar-refractivity contribution in [1.29, 1.82) is 0 Å². The number of aromatic nitrogens is 2. The predicted molar refractivity (Wildman–Crippen MR) is 88.5 cm³/mol. The summed E-state index contributed by atoms with van der Waals surface area (Å²) in [5, 5.41) is 0.621. The molecule has 1 aromatic heterocycles. The number of anilines is 1. The van der Waals surface area contributed by atoms with Crippen molar-refractivity contribution in [2.24, 2.45) is 0 Å². The van der Waals surface area contributed by atoms with Crippen molar-refractivity contribution in [2.45, 2.75) is 18.6 Å². The molecule has 0 bridgehead atoms. The molecule has 0 saturated carbocycles. The van der Waals surface area contributed by atoms with Gasteiger partial charge in [-0.05, 0) is 18.7 Å². The fourth-order valence-corrected chi connectivity index (χ4v) is 2.41. The number of thioether (sulfide) groups is 1. The van der Waals surface area contributed by atoms with E-state index >= 15 is 0 Å². The van der Waals surface area contributed by atoms with E-state index in [1.54, 1.807) is 20.1 Å². The summed E-state index contributed by atoms with van der Waals surface area (Å²) >= 11 is 1.44. The molecule has 116 valence electrons. The summed E-state index contributed by atoms with van der Waals surface area (Å²) in [4.78, 5) is 22.3. The van der Waals surface area contributed by atoms with E-state index in [4.69, 9.17) is 4.74 Å². The Hall–Kier alpha value is -2.08. The summed E-state index contributed by atoms with van der Waals surface area (Å²) < 4.78 is 5.23. The van der Waals surface area contributed by atoms with Crippen molar-refractivity contribution >= 4 is 23.4 Å². The van der Waals surface area contributed by atoms with Gasteiger partial charge in [-0.25, -0.2) is 4.98 Å². The normalized spacial score (nSPS) is 10.3. The van der Waals surface area contributed by atoms with Crippen LogP contribution in [0.3, 0.4) is 0 Å². The van der Waals surface area contributed by atoms with Gasteiger partial charge in [0.05, 0.1) is 13.7 Å². The van der Waals surface area contributed by atoms with Crippen LogP contribution in [0.2, 0.25) is 0 Å². The van der Waals surface area contributed by atoms with E-state index in [-0.39, 0.29) is 5.78 Å². The summed E-state index contributed by atoms with van der Waals surface area (Å²) in [6, 6.07) is 11.7. The molecule has 0 amide bonds. The molecule has 2 rings (SSSR count). The minimum atomic E-state index is 0.0826. The molecule has 0 saturated heterocycles. The number of carbonyl (C=O) groups is 1.